The standard InChI is InChI=1S/C64H124O17P2/c1-7-9-11-13-15-17-23-30-36-42-48-63(68)80-59(52-74-61(66)46-40-34-28-16-14-12-10-8-2)54-78-82(70,71)76-50-58(65)51-77-83(72,73)79-55-60(53-75-62(67)47-41-35-29-25-20-22-27-33-39-45-57(5)6)81-64(69)49-43-37-31-24-19-18-21-26-32-38-44-56(3)4/h56-60,65H,7-55H2,1-6H3,(H,70,71)(H,72,73)/t58-,59+,60+/m0/s1. The Kier molecular flexibility index (Phi) is 55.2. The van der Waals surface area contributed by atoms with E-state index < -0.39 is 97.5 Å². The lowest BCUT2D eigenvalue weighted by Crippen LogP contribution is -2.30. The third-order valence-corrected chi connectivity index (χ3v) is 16.6. The lowest BCUT2D eigenvalue weighted by molar-refractivity contribution is -0.161. The summed E-state index contributed by atoms with van der Waals surface area (Å²) in [5.74, 6) is -0.640. The molecule has 0 amide bonds. The van der Waals surface area contributed by atoms with Crippen LogP contribution in [0.5, 0.6) is 0 Å². The van der Waals surface area contributed by atoms with Crippen LogP contribution >= 0.6 is 15.6 Å². The molecule has 5 atom stereocenters. The molecule has 3 N–H and O–H groups in total. The average Bonchev–Trinajstić information content (AvgIpc) is 3.48. The fourth-order valence-electron chi connectivity index (χ4n) is 9.53. The van der Waals surface area contributed by atoms with Crippen LogP contribution in [0.3, 0.4) is 0 Å². The fourth-order valence-corrected chi connectivity index (χ4v) is 11.1. The molecule has 0 radical (unpaired) electrons. The molecule has 0 bridgehead atoms. The molecule has 0 saturated heterocycles. The molecule has 492 valence electrons. The van der Waals surface area contributed by atoms with E-state index in [1.54, 1.807) is 0 Å². The SMILES string of the molecule is CCCCCCCCCCCCC(=O)O[C@H](COC(=O)CCCCCCCCCC)COP(=O)(O)OC[C@H](O)COP(=O)(O)OC[C@@H](COC(=O)CCCCCCCCCCCC(C)C)OC(=O)CCCCCCCCCCCCC(C)C. The summed E-state index contributed by atoms with van der Waals surface area (Å²) in [6.45, 7) is 9.43. The van der Waals surface area contributed by atoms with E-state index in [2.05, 4.69) is 41.5 Å². The zero-order valence-electron chi connectivity index (χ0n) is 53.5. The number of hydrogen-bond donors (Lipinski definition) is 3. The molecule has 0 aliphatic rings. The Hall–Kier alpha value is -1.94. The van der Waals surface area contributed by atoms with Crippen LogP contribution in [0, 0.1) is 11.8 Å². The molecule has 0 aromatic rings. The van der Waals surface area contributed by atoms with Gasteiger partial charge in [-0.15, -0.1) is 0 Å². The highest BCUT2D eigenvalue weighted by molar-refractivity contribution is 7.47. The van der Waals surface area contributed by atoms with Crippen molar-refractivity contribution in [1.82, 2.24) is 0 Å². The van der Waals surface area contributed by atoms with Crippen molar-refractivity contribution in [2.24, 2.45) is 11.8 Å². The molecule has 0 rings (SSSR count). The molecular formula is C64H124O17P2. The molecule has 0 saturated carbocycles. The van der Waals surface area contributed by atoms with Gasteiger partial charge in [-0.05, 0) is 37.5 Å². The lowest BCUT2D eigenvalue weighted by Gasteiger charge is -2.21. The number of rotatable bonds is 63. The Labute approximate surface area is 505 Å². The summed E-state index contributed by atoms with van der Waals surface area (Å²) in [5, 5.41) is 10.5. The number of carbonyl (C=O) groups is 4. The summed E-state index contributed by atoms with van der Waals surface area (Å²) in [4.78, 5) is 72.1. The summed E-state index contributed by atoms with van der Waals surface area (Å²) in [5.41, 5.74) is 0. The van der Waals surface area contributed by atoms with Crippen molar-refractivity contribution in [2.45, 2.75) is 336 Å². The van der Waals surface area contributed by atoms with Gasteiger partial charge in [-0.25, -0.2) is 9.13 Å². The zero-order valence-corrected chi connectivity index (χ0v) is 55.3. The van der Waals surface area contributed by atoms with Crippen LogP contribution in [0.2, 0.25) is 0 Å². The molecule has 2 unspecified atom stereocenters. The first-order valence-corrected chi connectivity index (χ1v) is 36.5. The van der Waals surface area contributed by atoms with Crippen molar-refractivity contribution in [3.63, 3.8) is 0 Å². The number of aliphatic hydroxyl groups excluding tert-OH is 1. The van der Waals surface area contributed by atoms with Crippen LogP contribution in [0.15, 0.2) is 0 Å². The predicted octanol–water partition coefficient (Wildman–Crippen LogP) is 17.7. The Morgan fingerprint density at radius 3 is 0.819 bits per heavy atom. The van der Waals surface area contributed by atoms with Crippen LogP contribution in [0.4, 0.5) is 0 Å². The smallest absolute Gasteiger partial charge is 0.462 e. The van der Waals surface area contributed by atoms with Crippen molar-refractivity contribution in [1.29, 1.82) is 0 Å². The Morgan fingerprint density at radius 1 is 0.325 bits per heavy atom. The van der Waals surface area contributed by atoms with Crippen molar-refractivity contribution in [3.8, 4) is 0 Å². The second-order valence-corrected chi connectivity index (χ2v) is 27.0. The zero-order chi connectivity index (χ0) is 61.5. The van der Waals surface area contributed by atoms with Crippen LogP contribution in [-0.4, -0.2) is 96.7 Å². The maximum atomic E-state index is 13.0. The molecule has 19 heteroatoms. The predicted molar refractivity (Wildman–Crippen MR) is 331 cm³/mol. The Balaban J connectivity index is 5.23. The maximum absolute atomic E-state index is 13.0. The normalized spacial score (nSPS) is 14.3. The van der Waals surface area contributed by atoms with E-state index in [1.807, 2.05) is 0 Å². The number of unbranched alkanes of at least 4 members (excludes halogenated alkanes) is 33. The Morgan fingerprint density at radius 2 is 0.554 bits per heavy atom. The van der Waals surface area contributed by atoms with Gasteiger partial charge in [0.15, 0.2) is 12.2 Å². The van der Waals surface area contributed by atoms with E-state index in [4.69, 9.17) is 37.0 Å². The highest BCUT2D eigenvalue weighted by Gasteiger charge is 2.30. The highest BCUT2D eigenvalue weighted by atomic mass is 31.2. The molecule has 0 fully saturated rings. The Bertz CT molecular complexity index is 1630. The van der Waals surface area contributed by atoms with Gasteiger partial charge in [0.2, 0.25) is 0 Å². The van der Waals surface area contributed by atoms with Crippen molar-refractivity contribution >= 4 is 39.5 Å². The average molecular weight is 1230 g/mol. The third kappa shape index (κ3) is 58.8. The number of aliphatic hydroxyl groups is 1. The first-order chi connectivity index (χ1) is 39.9. The van der Waals surface area contributed by atoms with Crippen molar-refractivity contribution in [2.75, 3.05) is 39.6 Å². The largest absolute Gasteiger partial charge is 0.472 e. The monoisotopic (exact) mass is 1230 g/mol. The number of phosphoric ester groups is 2. The van der Waals surface area contributed by atoms with Gasteiger partial charge in [0.05, 0.1) is 26.4 Å². The molecule has 0 aliphatic carbocycles. The number of ether oxygens (including phenoxy) is 4. The van der Waals surface area contributed by atoms with Gasteiger partial charge in [0, 0.05) is 25.7 Å². The first kappa shape index (κ1) is 81.1. The number of hydrogen-bond acceptors (Lipinski definition) is 15. The third-order valence-electron chi connectivity index (χ3n) is 14.7. The van der Waals surface area contributed by atoms with Crippen LogP contribution in [-0.2, 0) is 65.4 Å². The van der Waals surface area contributed by atoms with Gasteiger partial charge in [0.1, 0.15) is 19.3 Å². The molecular weight excluding hydrogens is 1100 g/mol. The summed E-state index contributed by atoms with van der Waals surface area (Å²) in [6, 6.07) is 0. The topological polar surface area (TPSA) is 237 Å². The van der Waals surface area contributed by atoms with E-state index in [-0.39, 0.29) is 25.7 Å². The van der Waals surface area contributed by atoms with Gasteiger partial charge >= 0.3 is 39.5 Å². The minimum atomic E-state index is -4.94. The highest BCUT2D eigenvalue weighted by Crippen LogP contribution is 2.45. The molecule has 0 spiro atoms. The van der Waals surface area contributed by atoms with Gasteiger partial charge in [-0.1, -0.05) is 266 Å². The second kappa shape index (κ2) is 56.6. The molecule has 0 aromatic heterocycles. The van der Waals surface area contributed by atoms with Gasteiger partial charge in [-0.3, -0.25) is 37.3 Å². The number of esters is 4. The summed E-state index contributed by atoms with van der Waals surface area (Å²) < 4.78 is 67.9. The summed E-state index contributed by atoms with van der Waals surface area (Å²) in [7, 11) is -9.88. The van der Waals surface area contributed by atoms with Crippen LogP contribution < -0.4 is 0 Å². The second-order valence-electron chi connectivity index (χ2n) is 24.1. The minimum absolute atomic E-state index is 0.105. The number of phosphoric acid groups is 2. The minimum Gasteiger partial charge on any atom is -0.462 e. The lowest BCUT2D eigenvalue weighted by atomic mass is 10.0. The van der Waals surface area contributed by atoms with Crippen molar-refractivity contribution < 1.29 is 80.2 Å². The van der Waals surface area contributed by atoms with Gasteiger partial charge in [-0.2, -0.15) is 0 Å². The van der Waals surface area contributed by atoms with Gasteiger partial charge in [0.25, 0.3) is 0 Å². The maximum Gasteiger partial charge on any atom is 0.472 e. The van der Waals surface area contributed by atoms with E-state index in [0.29, 0.717) is 25.7 Å². The summed E-state index contributed by atoms with van der Waals surface area (Å²) >= 11 is 0. The molecule has 0 heterocycles. The molecule has 0 aliphatic heterocycles. The quantitative estimate of drug-likeness (QED) is 0.0222. The van der Waals surface area contributed by atoms with Crippen molar-refractivity contribution in [3.05, 3.63) is 0 Å². The van der Waals surface area contributed by atoms with Crippen LogP contribution in [0.25, 0.3) is 0 Å². The first-order valence-electron chi connectivity index (χ1n) is 33.5. The number of carbonyl (C=O) groups excluding carboxylic acids is 4. The molecule has 83 heavy (non-hydrogen) atoms. The molecule has 17 nitrogen and oxygen atoms in total. The van der Waals surface area contributed by atoms with E-state index in [0.717, 1.165) is 108 Å². The molecule has 0 aromatic carbocycles. The van der Waals surface area contributed by atoms with E-state index in [9.17, 15) is 43.2 Å². The van der Waals surface area contributed by atoms with Gasteiger partial charge < -0.3 is 33.8 Å². The fraction of sp³-hybridized carbons (Fsp3) is 0.938. The summed E-state index contributed by atoms with van der Waals surface area (Å²) in [6.07, 6.45) is 38.9. The van der Waals surface area contributed by atoms with E-state index in [1.165, 1.54) is 128 Å². The van der Waals surface area contributed by atoms with E-state index >= 15 is 0 Å². The van der Waals surface area contributed by atoms with Crippen LogP contribution in [0.1, 0.15) is 318 Å².